The number of carboxylic acid groups (broad SMARTS) is 1. The fraction of sp³-hybridized carbons (Fsp3) is 0.632. The third-order valence-electron chi connectivity index (χ3n) is 5.56. The second-order valence-electron chi connectivity index (χ2n) is 7.17. The number of piperazine rings is 1. The Morgan fingerprint density at radius 2 is 1.96 bits per heavy atom. The Morgan fingerprint density at radius 1 is 1.21 bits per heavy atom. The predicted octanol–water partition coefficient (Wildman–Crippen LogP) is 2.44. The maximum atomic E-state index is 11.5. The van der Waals surface area contributed by atoms with Gasteiger partial charge < -0.3 is 15.1 Å². The molecule has 132 valence electrons. The molecule has 5 heteroatoms. The lowest BCUT2D eigenvalue weighted by Crippen LogP contribution is -2.56. The van der Waals surface area contributed by atoms with E-state index in [9.17, 15) is 15.0 Å². The van der Waals surface area contributed by atoms with Gasteiger partial charge in [0.2, 0.25) is 0 Å². The molecule has 2 fully saturated rings. The Morgan fingerprint density at radius 3 is 2.58 bits per heavy atom. The lowest BCUT2D eigenvalue weighted by molar-refractivity contribution is 0.0300. The van der Waals surface area contributed by atoms with E-state index in [1.165, 1.54) is 12.0 Å². The summed E-state index contributed by atoms with van der Waals surface area (Å²) in [6.07, 6.45) is 4.09. The minimum atomic E-state index is -0.829. The molecule has 5 nitrogen and oxygen atoms in total. The van der Waals surface area contributed by atoms with E-state index >= 15 is 0 Å². The highest BCUT2D eigenvalue weighted by atomic mass is 16.4. The van der Waals surface area contributed by atoms with E-state index in [4.69, 9.17) is 0 Å². The van der Waals surface area contributed by atoms with Crippen LogP contribution in [-0.2, 0) is 6.42 Å². The van der Waals surface area contributed by atoms with Crippen molar-refractivity contribution in [2.24, 2.45) is 5.92 Å². The summed E-state index contributed by atoms with van der Waals surface area (Å²) < 4.78 is 0. The molecular formula is C19H28N2O3. The van der Waals surface area contributed by atoms with Gasteiger partial charge >= 0.3 is 6.09 Å². The fourth-order valence-corrected chi connectivity index (χ4v) is 3.81. The summed E-state index contributed by atoms with van der Waals surface area (Å²) in [5.41, 5.74) is 1.17. The van der Waals surface area contributed by atoms with Crippen molar-refractivity contribution in [3.05, 3.63) is 35.9 Å². The van der Waals surface area contributed by atoms with Crippen molar-refractivity contribution in [3.63, 3.8) is 0 Å². The molecule has 2 N–H and O–H groups in total. The topological polar surface area (TPSA) is 64.0 Å². The minimum Gasteiger partial charge on any atom is -0.465 e. The summed E-state index contributed by atoms with van der Waals surface area (Å²) in [4.78, 5) is 15.4. The first-order chi connectivity index (χ1) is 11.6. The Hall–Kier alpha value is -1.59. The van der Waals surface area contributed by atoms with Crippen LogP contribution in [0.1, 0.15) is 31.2 Å². The number of hydrogen-bond donors (Lipinski definition) is 2. The van der Waals surface area contributed by atoms with Crippen molar-refractivity contribution in [2.75, 3.05) is 26.2 Å². The third-order valence-corrected chi connectivity index (χ3v) is 5.56. The summed E-state index contributed by atoms with van der Waals surface area (Å²) in [7, 11) is 0. The number of benzene rings is 1. The summed E-state index contributed by atoms with van der Waals surface area (Å²) in [5, 5.41) is 19.7. The second-order valence-corrected chi connectivity index (χ2v) is 7.17. The molecule has 1 aliphatic carbocycles. The number of hydrogen-bond acceptors (Lipinski definition) is 3. The molecule has 2 aliphatic rings. The lowest BCUT2D eigenvalue weighted by atomic mass is 9.80. The van der Waals surface area contributed by atoms with Crippen LogP contribution in [0.3, 0.4) is 0 Å². The standard InChI is InChI=1S/C19H28N2O3/c22-18(16-7-4-8-16)9-10-20-11-12-21(19(23)24)17(14-20)13-15-5-2-1-3-6-15/h1-3,5-6,16-18,22H,4,7-14H2,(H,23,24). The highest BCUT2D eigenvalue weighted by Gasteiger charge is 2.31. The first kappa shape index (κ1) is 17.2. The Bertz CT molecular complexity index is 533. The van der Waals surface area contributed by atoms with Crippen LogP contribution in [-0.4, -0.2) is 64.4 Å². The number of rotatable bonds is 6. The summed E-state index contributed by atoms with van der Waals surface area (Å²) >= 11 is 0. The van der Waals surface area contributed by atoms with E-state index < -0.39 is 6.09 Å². The molecule has 0 bridgehead atoms. The van der Waals surface area contributed by atoms with Gasteiger partial charge in [-0.1, -0.05) is 36.8 Å². The average molecular weight is 332 g/mol. The molecule has 24 heavy (non-hydrogen) atoms. The van der Waals surface area contributed by atoms with Gasteiger partial charge in [-0.3, -0.25) is 4.90 Å². The van der Waals surface area contributed by atoms with E-state index in [0.29, 0.717) is 12.5 Å². The second kappa shape index (κ2) is 7.99. The number of nitrogens with zero attached hydrogens (tertiary/aromatic N) is 2. The maximum absolute atomic E-state index is 11.5. The van der Waals surface area contributed by atoms with Gasteiger partial charge in [0.1, 0.15) is 0 Å². The van der Waals surface area contributed by atoms with Crippen molar-refractivity contribution < 1.29 is 15.0 Å². The van der Waals surface area contributed by atoms with Crippen LogP contribution in [0, 0.1) is 5.92 Å². The molecule has 1 saturated heterocycles. The molecule has 1 saturated carbocycles. The Kier molecular flexibility index (Phi) is 5.74. The van der Waals surface area contributed by atoms with Crippen LogP contribution < -0.4 is 0 Å². The normalized spacial score (nSPS) is 23.7. The molecule has 1 aliphatic heterocycles. The first-order valence-electron chi connectivity index (χ1n) is 9.07. The van der Waals surface area contributed by atoms with E-state index in [0.717, 1.165) is 45.3 Å². The summed E-state index contributed by atoms with van der Waals surface area (Å²) in [6, 6.07) is 10.1. The molecule has 1 amide bonds. The van der Waals surface area contributed by atoms with Crippen molar-refractivity contribution in [3.8, 4) is 0 Å². The zero-order chi connectivity index (χ0) is 16.9. The number of carbonyl (C=O) groups is 1. The van der Waals surface area contributed by atoms with Crippen LogP contribution >= 0.6 is 0 Å². The molecular weight excluding hydrogens is 304 g/mol. The van der Waals surface area contributed by atoms with Crippen LogP contribution in [0.2, 0.25) is 0 Å². The van der Waals surface area contributed by atoms with Crippen LogP contribution in [0.25, 0.3) is 0 Å². The number of aliphatic hydroxyl groups is 1. The smallest absolute Gasteiger partial charge is 0.407 e. The lowest BCUT2D eigenvalue weighted by Gasteiger charge is -2.41. The van der Waals surface area contributed by atoms with E-state index in [1.807, 2.05) is 18.2 Å². The van der Waals surface area contributed by atoms with E-state index in [2.05, 4.69) is 17.0 Å². The molecule has 3 rings (SSSR count). The van der Waals surface area contributed by atoms with Crippen molar-refractivity contribution in [2.45, 2.75) is 44.2 Å². The number of amides is 1. The van der Waals surface area contributed by atoms with Gasteiger partial charge in [-0.05, 0) is 37.2 Å². The quantitative estimate of drug-likeness (QED) is 0.840. The van der Waals surface area contributed by atoms with Crippen LogP contribution in [0.5, 0.6) is 0 Å². The fourth-order valence-electron chi connectivity index (χ4n) is 3.81. The number of aliphatic hydroxyl groups excluding tert-OH is 1. The average Bonchev–Trinajstić information content (AvgIpc) is 2.52. The van der Waals surface area contributed by atoms with Gasteiger partial charge in [0.05, 0.1) is 12.1 Å². The third kappa shape index (κ3) is 4.28. The summed E-state index contributed by atoms with van der Waals surface area (Å²) in [5.74, 6) is 0.491. The Balaban J connectivity index is 1.55. The van der Waals surface area contributed by atoms with Crippen LogP contribution in [0.15, 0.2) is 30.3 Å². The molecule has 2 atom stereocenters. The van der Waals surface area contributed by atoms with Crippen molar-refractivity contribution in [1.29, 1.82) is 0 Å². The molecule has 1 heterocycles. The Labute approximate surface area is 143 Å². The summed E-state index contributed by atoms with van der Waals surface area (Å²) in [6.45, 7) is 2.91. The maximum Gasteiger partial charge on any atom is 0.407 e. The van der Waals surface area contributed by atoms with Gasteiger partial charge in [0.25, 0.3) is 0 Å². The molecule has 2 unspecified atom stereocenters. The molecule has 1 aromatic rings. The van der Waals surface area contributed by atoms with Gasteiger partial charge in [0.15, 0.2) is 0 Å². The highest BCUT2D eigenvalue weighted by molar-refractivity contribution is 5.65. The van der Waals surface area contributed by atoms with Gasteiger partial charge in [0, 0.05) is 26.2 Å². The molecule has 1 aromatic carbocycles. The van der Waals surface area contributed by atoms with E-state index in [1.54, 1.807) is 4.90 Å². The molecule has 0 aromatic heterocycles. The first-order valence-corrected chi connectivity index (χ1v) is 9.07. The molecule has 0 radical (unpaired) electrons. The van der Waals surface area contributed by atoms with E-state index in [-0.39, 0.29) is 12.1 Å². The van der Waals surface area contributed by atoms with Gasteiger partial charge in [-0.15, -0.1) is 0 Å². The van der Waals surface area contributed by atoms with Crippen molar-refractivity contribution in [1.82, 2.24) is 9.80 Å². The van der Waals surface area contributed by atoms with Gasteiger partial charge in [-0.2, -0.15) is 0 Å². The largest absolute Gasteiger partial charge is 0.465 e. The highest BCUT2D eigenvalue weighted by Crippen LogP contribution is 2.31. The minimum absolute atomic E-state index is 0.0144. The molecule has 0 spiro atoms. The van der Waals surface area contributed by atoms with Gasteiger partial charge in [-0.25, -0.2) is 4.79 Å². The monoisotopic (exact) mass is 332 g/mol. The van der Waals surface area contributed by atoms with Crippen molar-refractivity contribution >= 4 is 6.09 Å². The zero-order valence-corrected chi connectivity index (χ0v) is 14.2. The SMILES string of the molecule is O=C(O)N1CCN(CCC(O)C2CCC2)CC1Cc1ccccc1. The zero-order valence-electron chi connectivity index (χ0n) is 14.2. The van der Waals surface area contributed by atoms with Crippen LogP contribution in [0.4, 0.5) is 4.79 Å². The predicted molar refractivity (Wildman–Crippen MR) is 93.1 cm³/mol.